The zero-order valence-corrected chi connectivity index (χ0v) is 10.4. The van der Waals surface area contributed by atoms with Crippen molar-refractivity contribution in [3.63, 3.8) is 0 Å². The van der Waals surface area contributed by atoms with Crippen molar-refractivity contribution in [2.24, 2.45) is 0 Å². The molecule has 0 spiro atoms. The Balaban J connectivity index is 2.44. The van der Waals surface area contributed by atoms with E-state index in [1.165, 1.54) is 30.2 Å². The van der Waals surface area contributed by atoms with Crippen LogP contribution in [0.15, 0.2) is 0 Å². The van der Waals surface area contributed by atoms with E-state index < -0.39 is 7.38 Å². The fourth-order valence-corrected chi connectivity index (χ4v) is 13.5. The van der Waals surface area contributed by atoms with Crippen molar-refractivity contribution in [3.05, 3.63) is 0 Å². The van der Waals surface area contributed by atoms with Gasteiger partial charge in [0, 0.05) is 8.80 Å². The Kier molecular flexibility index (Phi) is 3.66. The minimum absolute atomic E-state index is 0.0242. The molecule has 0 amide bonds. The molecule has 1 saturated heterocycles. The normalized spacial score (nSPS) is 34.1. The van der Waals surface area contributed by atoms with Gasteiger partial charge >= 0.3 is 0 Å². The molecule has 1 unspecified atom stereocenters. The van der Waals surface area contributed by atoms with E-state index in [1.54, 1.807) is 6.04 Å². The van der Waals surface area contributed by atoms with Crippen LogP contribution >= 0.6 is 11.1 Å². The summed E-state index contributed by atoms with van der Waals surface area (Å²) in [6.45, 7) is 4.64. The molecule has 0 aromatic carbocycles. The first-order valence-electron chi connectivity index (χ1n) is 4.72. The van der Waals surface area contributed by atoms with Crippen LogP contribution in [-0.2, 0) is 0 Å². The van der Waals surface area contributed by atoms with Crippen LogP contribution in [0.3, 0.4) is 0 Å². The monoisotopic (exact) mass is 205 g/mol. The second-order valence-electron chi connectivity index (χ2n) is 3.64. The van der Waals surface area contributed by atoms with E-state index in [0.717, 1.165) is 0 Å². The summed E-state index contributed by atoms with van der Waals surface area (Å²) in [5.41, 5.74) is 1.49. The van der Waals surface area contributed by atoms with Gasteiger partial charge in [-0.05, 0) is 17.8 Å². The molecule has 1 aliphatic heterocycles. The number of hydrogen-bond donors (Lipinski definition) is 0. The maximum absolute atomic E-state index is 6.60. The van der Waals surface area contributed by atoms with E-state index in [0.29, 0.717) is 0 Å². The smallest absolute Gasteiger partial charge is 0.153 e. The summed E-state index contributed by atoms with van der Waals surface area (Å²) in [6, 6.07) is 5.71. The van der Waals surface area contributed by atoms with Crippen molar-refractivity contribution in [1.29, 1.82) is 0 Å². The third kappa shape index (κ3) is 2.60. The van der Waals surface area contributed by atoms with Crippen LogP contribution < -0.4 is 0 Å². The number of halogens is 1. The summed E-state index contributed by atoms with van der Waals surface area (Å²) in [5, 5.41) is 0. The van der Waals surface area contributed by atoms with E-state index in [4.69, 9.17) is 11.1 Å². The fourth-order valence-electron chi connectivity index (χ4n) is 1.88. The maximum Gasteiger partial charge on any atom is 0.153 e. The molecule has 1 rings (SSSR count). The standard InChI is InChI=1S/C8H18ClSi2/c1-3-10-6-5-7-11(9,4-2)8-10/h3-8H2,1-2H3. The highest BCUT2D eigenvalue weighted by Gasteiger charge is 2.35. The lowest BCUT2D eigenvalue weighted by molar-refractivity contribution is 0.984. The Morgan fingerprint density at radius 2 is 2.18 bits per heavy atom. The predicted octanol–water partition coefficient (Wildman–Crippen LogP) is 3.65. The average molecular weight is 206 g/mol. The van der Waals surface area contributed by atoms with Crippen LogP contribution in [0.25, 0.3) is 0 Å². The third-order valence-corrected chi connectivity index (χ3v) is 14.5. The zero-order valence-electron chi connectivity index (χ0n) is 7.62. The highest BCUT2D eigenvalue weighted by molar-refractivity contribution is 7.23. The largest absolute Gasteiger partial charge is 0.167 e. The van der Waals surface area contributed by atoms with Crippen LogP contribution in [0, 0.1) is 0 Å². The second kappa shape index (κ2) is 4.10. The molecule has 0 aromatic rings. The van der Waals surface area contributed by atoms with E-state index in [2.05, 4.69) is 13.8 Å². The molecule has 1 aliphatic rings. The molecule has 11 heavy (non-hydrogen) atoms. The molecule has 0 nitrogen and oxygen atoms in total. The molecule has 65 valence electrons. The number of rotatable bonds is 2. The molecule has 0 aromatic heterocycles. The quantitative estimate of drug-likeness (QED) is 0.477. The van der Waals surface area contributed by atoms with Gasteiger partial charge in [-0.25, -0.2) is 0 Å². The van der Waals surface area contributed by atoms with Gasteiger partial charge in [0.1, 0.15) is 0 Å². The van der Waals surface area contributed by atoms with Gasteiger partial charge < -0.3 is 0 Å². The van der Waals surface area contributed by atoms with E-state index >= 15 is 0 Å². The van der Waals surface area contributed by atoms with Crippen LogP contribution in [0.2, 0.25) is 29.8 Å². The Hall–Kier alpha value is 0.724. The lowest BCUT2D eigenvalue weighted by Gasteiger charge is -2.31. The van der Waals surface area contributed by atoms with Crippen molar-refractivity contribution in [2.75, 3.05) is 0 Å². The molecule has 1 radical (unpaired) electrons. The van der Waals surface area contributed by atoms with Crippen LogP contribution in [0.5, 0.6) is 0 Å². The fraction of sp³-hybridized carbons (Fsp3) is 1.00. The van der Waals surface area contributed by atoms with Crippen LogP contribution in [-0.4, -0.2) is 16.2 Å². The molecular weight excluding hydrogens is 188 g/mol. The molecule has 0 bridgehead atoms. The summed E-state index contributed by atoms with van der Waals surface area (Å²) < 4.78 is 0. The van der Waals surface area contributed by atoms with Crippen molar-refractivity contribution in [2.45, 2.75) is 50.1 Å². The molecule has 1 heterocycles. The Bertz CT molecular complexity index is 129. The van der Waals surface area contributed by atoms with Gasteiger partial charge in [0.15, 0.2) is 7.38 Å². The maximum atomic E-state index is 6.60. The van der Waals surface area contributed by atoms with Gasteiger partial charge in [-0.15, -0.1) is 0 Å². The molecule has 1 atom stereocenters. The van der Waals surface area contributed by atoms with Crippen LogP contribution in [0.1, 0.15) is 20.3 Å². The molecule has 0 aliphatic carbocycles. The van der Waals surface area contributed by atoms with Gasteiger partial charge in [-0.3, -0.25) is 0 Å². The molecule has 0 N–H and O–H groups in total. The first-order valence-corrected chi connectivity index (χ1v) is 10.5. The van der Waals surface area contributed by atoms with Gasteiger partial charge in [0.25, 0.3) is 0 Å². The Labute approximate surface area is 77.7 Å². The molecular formula is C8H18ClSi2. The molecule has 0 saturated carbocycles. The van der Waals surface area contributed by atoms with Gasteiger partial charge in [0.05, 0.1) is 0 Å². The number of hydrogen-bond acceptors (Lipinski definition) is 0. The first-order chi connectivity index (χ1) is 5.20. The lowest BCUT2D eigenvalue weighted by Crippen LogP contribution is -2.36. The predicted molar refractivity (Wildman–Crippen MR) is 57.4 cm³/mol. The Morgan fingerprint density at radius 3 is 2.73 bits per heavy atom. The second-order valence-corrected chi connectivity index (χ2v) is 13.7. The van der Waals surface area contributed by atoms with E-state index in [9.17, 15) is 0 Å². The van der Waals surface area contributed by atoms with Crippen molar-refractivity contribution >= 4 is 27.3 Å². The van der Waals surface area contributed by atoms with Gasteiger partial charge in [0.2, 0.25) is 0 Å². The summed E-state index contributed by atoms with van der Waals surface area (Å²) in [7, 11) is -1.15. The summed E-state index contributed by atoms with van der Waals surface area (Å²) in [5.74, 6) is 0. The highest BCUT2D eigenvalue weighted by Crippen LogP contribution is 2.35. The summed E-state index contributed by atoms with van der Waals surface area (Å²) in [6.07, 6.45) is 1.45. The average Bonchev–Trinajstić information content (AvgIpc) is 2.05. The summed E-state index contributed by atoms with van der Waals surface area (Å²) in [4.78, 5) is 0. The van der Waals surface area contributed by atoms with Crippen molar-refractivity contribution in [1.82, 2.24) is 0 Å². The van der Waals surface area contributed by atoms with Gasteiger partial charge in [-0.1, -0.05) is 32.4 Å². The molecule has 1 fully saturated rings. The van der Waals surface area contributed by atoms with E-state index in [1.807, 2.05) is 0 Å². The zero-order chi connectivity index (χ0) is 8.32. The molecule has 3 heteroatoms. The first kappa shape index (κ1) is 9.81. The Morgan fingerprint density at radius 1 is 1.45 bits per heavy atom. The topological polar surface area (TPSA) is 0 Å². The van der Waals surface area contributed by atoms with Crippen molar-refractivity contribution < 1.29 is 0 Å². The van der Waals surface area contributed by atoms with Gasteiger partial charge in [-0.2, -0.15) is 11.1 Å². The SMILES string of the molecule is CC[Si]1CCC[Si](Cl)(CC)C1. The lowest BCUT2D eigenvalue weighted by atomic mass is 10.6. The minimum atomic E-state index is -1.18. The summed E-state index contributed by atoms with van der Waals surface area (Å²) >= 11 is 6.60. The highest BCUT2D eigenvalue weighted by atomic mass is 35.6. The van der Waals surface area contributed by atoms with Crippen LogP contribution in [0.4, 0.5) is 0 Å². The van der Waals surface area contributed by atoms with Crippen molar-refractivity contribution in [3.8, 4) is 0 Å². The minimum Gasteiger partial charge on any atom is -0.167 e. The third-order valence-electron chi connectivity index (χ3n) is 2.86. The van der Waals surface area contributed by atoms with E-state index in [-0.39, 0.29) is 8.80 Å².